The molecule has 0 heterocycles. The molecule has 0 aliphatic heterocycles. The summed E-state index contributed by atoms with van der Waals surface area (Å²) in [5.41, 5.74) is -2.58. The van der Waals surface area contributed by atoms with Crippen molar-refractivity contribution in [2.75, 3.05) is 0 Å². The number of carbonyl (C=O) groups excluding carboxylic acids is 3. The molecule has 0 aromatic heterocycles. The maximum atomic E-state index is 13.9. The molecule has 0 aromatic rings. The van der Waals surface area contributed by atoms with Crippen molar-refractivity contribution in [1.29, 1.82) is 0 Å². The van der Waals surface area contributed by atoms with Crippen molar-refractivity contribution in [2.45, 2.75) is 71.7 Å². The summed E-state index contributed by atoms with van der Waals surface area (Å²) in [4.78, 5) is 39.1. The number of rotatable bonds is 1. The van der Waals surface area contributed by atoms with Gasteiger partial charge in [-0.1, -0.05) is 27.4 Å². The van der Waals surface area contributed by atoms with Gasteiger partial charge in [-0.15, -0.1) is 0 Å². The molecule has 4 aliphatic carbocycles. The van der Waals surface area contributed by atoms with E-state index in [0.717, 1.165) is 0 Å². The number of Topliss-reactive ketones (excluding diaryl/α,β-unsaturated/α-hetero) is 2. The zero-order chi connectivity index (χ0) is 20.8. The van der Waals surface area contributed by atoms with Gasteiger partial charge < -0.3 is 14.9 Å². The number of carbonyl (C=O) groups is 3. The van der Waals surface area contributed by atoms with Crippen molar-refractivity contribution in [2.24, 2.45) is 34.0 Å². The number of aliphatic hydroxyl groups is 2. The van der Waals surface area contributed by atoms with E-state index in [1.54, 1.807) is 0 Å². The van der Waals surface area contributed by atoms with Gasteiger partial charge in [0.2, 0.25) is 0 Å². The Bertz CT molecular complexity index is 784. The van der Waals surface area contributed by atoms with Crippen LogP contribution in [-0.2, 0) is 19.1 Å². The second-order valence-corrected chi connectivity index (χ2v) is 10.2. The highest BCUT2D eigenvalue weighted by atomic mass is 16.5. The Morgan fingerprint density at radius 2 is 1.79 bits per heavy atom. The fourth-order valence-electron chi connectivity index (χ4n) is 7.47. The van der Waals surface area contributed by atoms with E-state index in [4.69, 9.17) is 4.74 Å². The summed E-state index contributed by atoms with van der Waals surface area (Å²) >= 11 is 0. The summed E-state index contributed by atoms with van der Waals surface area (Å²) in [5.74, 6) is -2.90. The van der Waals surface area contributed by atoms with E-state index in [1.165, 1.54) is 6.92 Å². The Labute approximate surface area is 165 Å². The molecular weight excluding hydrogens is 360 g/mol. The van der Waals surface area contributed by atoms with Crippen LogP contribution in [0.4, 0.5) is 0 Å². The van der Waals surface area contributed by atoms with Crippen LogP contribution in [0, 0.1) is 34.0 Å². The van der Waals surface area contributed by atoms with Crippen LogP contribution in [0.3, 0.4) is 0 Å². The van der Waals surface area contributed by atoms with E-state index >= 15 is 0 Å². The lowest BCUT2D eigenvalue weighted by Crippen LogP contribution is -2.73. The first-order chi connectivity index (χ1) is 12.9. The molecule has 4 saturated carbocycles. The molecule has 4 fully saturated rings. The average molecular weight is 390 g/mol. The highest BCUT2D eigenvalue weighted by Crippen LogP contribution is 2.70. The summed E-state index contributed by atoms with van der Waals surface area (Å²) in [5, 5.41) is 22.3. The Morgan fingerprint density at radius 1 is 1.14 bits per heavy atom. The molecule has 0 aromatic carbocycles. The molecule has 0 radical (unpaired) electrons. The first-order valence-electron chi connectivity index (χ1n) is 10.2. The van der Waals surface area contributed by atoms with Gasteiger partial charge in [-0.3, -0.25) is 14.4 Å². The van der Waals surface area contributed by atoms with Gasteiger partial charge in [0.15, 0.2) is 17.7 Å². The van der Waals surface area contributed by atoms with Crippen molar-refractivity contribution in [3.05, 3.63) is 12.2 Å². The van der Waals surface area contributed by atoms with Gasteiger partial charge in [-0.2, -0.15) is 0 Å². The summed E-state index contributed by atoms with van der Waals surface area (Å²) in [7, 11) is 0. The van der Waals surface area contributed by atoms with Crippen LogP contribution < -0.4 is 0 Å². The summed E-state index contributed by atoms with van der Waals surface area (Å²) in [6.07, 6.45) is -0.722. The highest BCUT2D eigenvalue weighted by Gasteiger charge is 2.78. The molecule has 28 heavy (non-hydrogen) atoms. The molecule has 6 heteroatoms. The van der Waals surface area contributed by atoms with Gasteiger partial charge in [0.1, 0.15) is 5.41 Å². The third kappa shape index (κ3) is 2.03. The van der Waals surface area contributed by atoms with Crippen molar-refractivity contribution in [3.8, 4) is 0 Å². The van der Waals surface area contributed by atoms with Crippen LogP contribution in [0.25, 0.3) is 0 Å². The lowest BCUT2D eigenvalue weighted by Gasteiger charge is -2.65. The molecule has 154 valence electrons. The van der Waals surface area contributed by atoms with Crippen LogP contribution in [0.2, 0.25) is 0 Å². The van der Waals surface area contributed by atoms with Gasteiger partial charge in [0.25, 0.3) is 0 Å². The molecule has 4 aliphatic rings. The fraction of sp³-hybridized carbons (Fsp3) is 0.773. The lowest BCUT2D eigenvalue weighted by atomic mass is 9.38. The molecule has 8 atom stereocenters. The van der Waals surface area contributed by atoms with Crippen molar-refractivity contribution in [3.63, 3.8) is 0 Å². The molecule has 6 nitrogen and oxygen atoms in total. The maximum absolute atomic E-state index is 13.9. The average Bonchev–Trinajstić information content (AvgIpc) is 2.71. The third-order valence-electron chi connectivity index (χ3n) is 8.58. The van der Waals surface area contributed by atoms with Gasteiger partial charge in [0.05, 0.1) is 12.2 Å². The van der Waals surface area contributed by atoms with Crippen LogP contribution >= 0.6 is 0 Å². The number of ketones is 2. The maximum Gasteiger partial charge on any atom is 0.303 e. The number of aliphatic hydroxyl groups excluding tert-OH is 2. The van der Waals surface area contributed by atoms with E-state index in [9.17, 15) is 24.6 Å². The van der Waals surface area contributed by atoms with Gasteiger partial charge in [-0.25, -0.2) is 0 Å². The molecule has 0 amide bonds. The van der Waals surface area contributed by atoms with E-state index < -0.39 is 64.4 Å². The number of hydrogen-bond acceptors (Lipinski definition) is 6. The van der Waals surface area contributed by atoms with Gasteiger partial charge in [-0.05, 0) is 42.6 Å². The molecule has 4 rings (SSSR count). The monoisotopic (exact) mass is 390 g/mol. The molecule has 1 spiro atoms. The highest BCUT2D eigenvalue weighted by molar-refractivity contribution is 6.19. The zero-order valence-electron chi connectivity index (χ0n) is 17.0. The Kier molecular flexibility index (Phi) is 4.07. The normalized spacial score (nSPS) is 49.4. The minimum atomic E-state index is -1.67. The standard InChI is InChI=1S/C22H30O6/c1-10-12-6-7-13-21(5)14(24)8-9-20(3,4)16(21)15(28-11(2)23)19(27)22(13,17(10)25)18(12)26/h12-16,18,24,26H,1,6-9H2,2-5H3. The Balaban J connectivity index is 1.99. The van der Waals surface area contributed by atoms with Crippen molar-refractivity contribution in [1.82, 2.24) is 0 Å². The van der Waals surface area contributed by atoms with E-state index in [1.807, 2.05) is 20.8 Å². The van der Waals surface area contributed by atoms with Crippen LogP contribution in [-0.4, -0.2) is 46.1 Å². The number of ether oxygens (including phenoxy) is 1. The van der Waals surface area contributed by atoms with Crippen molar-refractivity contribution < 1.29 is 29.3 Å². The first kappa shape index (κ1) is 19.8. The SMILES string of the molecule is C=C1C(=O)C23C(=O)C(OC(C)=O)C4C(C)(C)CCC(O)C4(C)C2CCC1C3O. The van der Waals surface area contributed by atoms with Gasteiger partial charge >= 0.3 is 5.97 Å². The largest absolute Gasteiger partial charge is 0.454 e. The fourth-order valence-corrected chi connectivity index (χ4v) is 7.47. The van der Waals surface area contributed by atoms with Crippen LogP contribution in [0.5, 0.6) is 0 Å². The lowest BCUT2D eigenvalue weighted by molar-refractivity contribution is -0.242. The number of fused-ring (bicyclic) bond motifs is 3. The van der Waals surface area contributed by atoms with E-state index in [0.29, 0.717) is 25.7 Å². The summed E-state index contributed by atoms with van der Waals surface area (Å²) < 4.78 is 5.56. The molecular formula is C22H30O6. The third-order valence-corrected chi connectivity index (χ3v) is 8.58. The van der Waals surface area contributed by atoms with Gasteiger partial charge in [0, 0.05) is 24.2 Å². The predicted octanol–water partition coefficient (Wildman–Crippen LogP) is 1.82. The second-order valence-electron chi connectivity index (χ2n) is 10.2. The topological polar surface area (TPSA) is 101 Å². The Morgan fingerprint density at radius 3 is 2.39 bits per heavy atom. The summed E-state index contributed by atoms with van der Waals surface area (Å²) in [6.45, 7) is 11.1. The molecule has 2 N–H and O–H groups in total. The summed E-state index contributed by atoms with van der Waals surface area (Å²) in [6, 6.07) is 0. The minimum absolute atomic E-state index is 0.288. The van der Waals surface area contributed by atoms with E-state index in [-0.39, 0.29) is 11.0 Å². The predicted molar refractivity (Wildman–Crippen MR) is 100.0 cm³/mol. The molecule has 2 bridgehead atoms. The van der Waals surface area contributed by atoms with E-state index in [2.05, 4.69) is 6.58 Å². The zero-order valence-corrected chi connectivity index (χ0v) is 17.0. The number of hydrogen-bond donors (Lipinski definition) is 2. The smallest absolute Gasteiger partial charge is 0.303 e. The molecule has 8 unspecified atom stereocenters. The first-order valence-corrected chi connectivity index (χ1v) is 10.2. The van der Waals surface area contributed by atoms with Crippen LogP contribution in [0.15, 0.2) is 12.2 Å². The van der Waals surface area contributed by atoms with Crippen molar-refractivity contribution >= 4 is 17.5 Å². The number of esters is 1. The van der Waals surface area contributed by atoms with Crippen LogP contribution in [0.1, 0.15) is 53.4 Å². The quantitative estimate of drug-likeness (QED) is 0.402. The second kappa shape index (κ2) is 5.76. The molecule has 0 saturated heterocycles. The Hall–Kier alpha value is -1.53. The minimum Gasteiger partial charge on any atom is -0.454 e.